The molecule has 0 bridgehead atoms. The summed E-state index contributed by atoms with van der Waals surface area (Å²) < 4.78 is 34.0. The molecule has 0 fully saturated rings. The maximum absolute atomic E-state index is 12.6. The Balaban J connectivity index is 1.61. The Kier molecular flexibility index (Phi) is 7.15. The highest BCUT2D eigenvalue weighted by Crippen LogP contribution is 2.29. The lowest BCUT2D eigenvalue weighted by molar-refractivity contribution is 0.0953. The summed E-state index contributed by atoms with van der Waals surface area (Å²) in [6, 6.07) is 16.1. The van der Waals surface area contributed by atoms with Gasteiger partial charge in [-0.05, 0) is 23.8 Å². The van der Waals surface area contributed by atoms with E-state index in [4.69, 9.17) is 16.3 Å². The molecule has 1 aromatic heterocycles. The standard InChI is InChI=1S/C21H22ClN3O4S/c1-29-20-14-19(25-10-5-6-11-25)18(22)13-17(20)21(26)23-9-12-30(27,28)24-15-16-7-3-2-4-8-16/h2-8,10-11,13-14,24H,9,12,15H2,1H3,(H,23,26). The van der Waals surface area contributed by atoms with Crippen molar-refractivity contribution in [1.29, 1.82) is 0 Å². The second kappa shape index (κ2) is 9.80. The van der Waals surface area contributed by atoms with Gasteiger partial charge in [-0.2, -0.15) is 0 Å². The van der Waals surface area contributed by atoms with Crippen molar-refractivity contribution in [3.8, 4) is 11.4 Å². The third kappa shape index (κ3) is 5.63. The molecule has 0 saturated heterocycles. The number of rotatable bonds is 9. The van der Waals surface area contributed by atoms with E-state index < -0.39 is 15.9 Å². The monoisotopic (exact) mass is 447 g/mol. The molecule has 0 aliphatic heterocycles. The summed E-state index contributed by atoms with van der Waals surface area (Å²) in [5.41, 5.74) is 1.75. The molecule has 2 aromatic carbocycles. The fourth-order valence-electron chi connectivity index (χ4n) is 2.84. The predicted octanol–water partition coefficient (Wildman–Crippen LogP) is 2.99. The Bertz CT molecular complexity index is 1100. The number of amides is 1. The van der Waals surface area contributed by atoms with Crippen LogP contribution in [0.2, 0.25) is 5.02 Å². The molecule has 1 heterocycles. The number of sulfonamides is 1. The summed E-state index contributed by atoms with van der Waals surface area (Å²) in [7, 11) is -2.09. The van der Waals surface area contributed by atoms with E-state index in [1.165, 1.54) is 13.2 Å². The number of benzene rings is 2. The normalized spacial score (nSPS) is 11.3. The van der Waals surface area contributed by atoms with Crippen molar-refractivity contribution < 1.29 is 17.9 Å². The number of methoxy groups -OCH3 is 1. The molecular formula is C21H22ClN3O4S. The van der Waals surface area contributed by atoms with E-state index in [0.29, 0.717) is 16.5 Å². The summed E-state index contributed by atoms with van der Waals surface area (Å²) in [6.45, 7) is 0.143. The summed E-state index contributed by atoms with van der Waals surface area (Å²) in [5.74, 6) is -0.375. The van der Waals surface area contributed by atoms with Crippen molar-refractivity contribution in [2.45, 2.75) is 6.54 Å². The van der Waals surface area contributed by atoms with Gasteiger partial charge in [0.25, 0.3) is 5.91 Å². The van der Waals surface area contributed by atoms with Crippen LogP contribution < -0.4 is 14.8 Å². The first kappa shape index (κ1) is 21.9. The van der Waals surface area contributed by atoms with E-state index in [9.17, 15) is 13.2 Å². The number of ether oxygens (including phenoxy) is 1. The van der Waals surface area contributed by atoms with Crippen LogP contribution in [0.25, 0.3) is 5.69 Å². The van der Waals surface area contributed by atoms with E-state index in [-0.39, 0.29) is 24.4 Å². The van der Waals surface area contributed by atoms with Gasteiger partial charge in [-0.15, -0.1) is 0 Å². The Labute approximate surface area is 180 Å². The van der Waals surface area contributed by atoms with Crippen LogP contribution in [0.15, 0.2) is 67.0 Å². The Morgan fingerprint density at radius 1 is 1.10 bits per heavy atom. The Morgan fingerprint density at radius 3 is 2.47 bits per heavy atom. The lowest BCUT2D eigenvalue weighted by Crippen LogP contribution is -2.34. The van der Waals surface area contributed by atoms with E-state index in [1.54, 1.807) is 10.6 Å². The molecule has 7 nitrogen and oxygen atoms in total. The number of carbonyl (C=O) groups is 1. The molecule has 0 spiro atoms. The summed E-state index contributed by atoms with van der Waals surface area (Å²) >= 11 is 6.34. The van der Waals surface area contributed by atoms with Crippen LogP contribution in [0.3, 0.4) is 0 Å². The van der Waals surface area contributed by atoms with E-state index >= 15 is 0 Å². The fraction of sp³-hybridized carbons (Fsp3) is 0.190. The van der Waals surface area contributed by atoms with E-state index in [2.05, 4.69) is 10.0 Å². The molecule has 0 atom stereocenters. The van der Waals surface area contributed by atoms with Crippen molar-refractivity contribution in [2.75, 3.05) is 19.4 Å². The van der Waals surface area contributed by atoms with Crippen LogP contribution in [0.5, 0.6) is 5.75 Å². The van der Waals surface area contributed by atoms with Crippen LogP contribution in [0.4, 0.5) is 0 Å². The van der Waals surface area contributed by atoms with Crippen LogP contribution >= 0.6 is 11.6 Å². The number of hydrogen-bond acceptors (Lipinski definition) is 4. The van der Waals surface area contributed by atoms with Crippen molar-refractivity contribution >= 4 is 27.5 Å². The first-order valence-corrected chi connectivity index (χ1v) is 11.2. The van der Waals surface area contributed by atoms with Crippen LogP contribution in [-0.4, -0.2) is 38.3 Å². The van der Waals surface area contributed by atoms with Crippen LogP contribution in [0.1, 0.15) is 15.9 Å². The SMILES string of the molecule is COc1cc(-n2cccc2)c(Cl)cc1C(=O)NCCS(=O)(=O)NCc1ccccc1. The minimum atomic E-state index is -3.54. The van der Waals surface area contributed by atoms with E-state index in [1.807, 2.05) is 54.9 Å². The predicted molar refractivity (Wildman–Crippen MR) is 117 cm³/mol. The van der Waals surface area contributed by atoms with Crippen molar-refractivity contribution in [3.63, 3.8) is 0 Å². The molecule has 3 rings (SSSR count). The lowest BCUT2D eigenvalue weighted by Gasteiger charge is -2.14. The van der Waals surface area contributed by atoms with Gasteiger partial charge in [-0.3, -0.25) is 4.79 Å². The zero-order valence-electron chi connectivity index (χ0n) is 16.3. The molecule has 9 heteroatoms. The quantitative estimate of drug-likeness (QED) is 0.527. The van der Waals surface area contributed by atoms with Crippen molar-refractivity contribution in [2.24, 2.45) is 0 Å². The molecule has 30 heavy (non-hydrogen) atoms. The van der Waals surface area contributed by atoms with Crippen molar-refractivity contribution in [1.82, 2.24) is 14.6 Å². The lowest BCUT2D eigenvalue weighted by atomic mass is 10.1. The van der Waals surface area contributed by atoms with Gasteiger partial charge in [-0.1, -0.05) is 41.9 Å². The molecule has 1 amide bonds. The molecule has 0 aliphatic rings. The Morgan fingerprint density at radius 2 is 1.80 bits per heavy atom. The van der Waals surface area contributed by atoms with Gasteiger partial charge in [0.05, 0.1) is 29.1 Å². The first-order chi connectivity index (χ1) is 14.4. The molecular weight excluding hydrogens is 426 g/mol. The second-order valence-corrected chi connectivity index (χ2v) is 8.81. The van der Waals surface area contributed by atoms with Gasteiger partial charge >= 0.3 is 0 Å². The maximum Gasteiger partial charge on any atom is 0.255 e. The fourth-order valence-corrected chi connectivity index (χ4v) is 4.00. The molecule has 158 valence electrons. The minimum Gasteiger partial charge on any atom is -0.496 e. The Hall–Kier alpha value is -2.81. The van der Waals surface area contributed by atoms with Crippen LogP contribution in [-0.2, 0) is 16.6 Å². The number of hydrogen-bond donors (Lipinski definition) is 2. The van der Waals surface area contributed by atoms with Crippen LogP contribution in [0, 0.1) is 0 Å². The number of halogens is 1. The minimum absolute atomic E-state index is 0.0525. The van der Waals surface area contributed by atoms with Crippen molar-refractivity contribution in [3.05, 3.63) is 83.1 Å². The largest absolute Gasteiger partial charge is 0.496 e. The van der Waals surface area contributed by atoms with Gasteiger partial charge in [0, 0.05) is 31.5 Å². The third-order valence-electron chi connectivity index (χ3n) is 4.39. The summed E-state index contributed by atoms with van der Waals surface area (Å²) in [5, 5.41) is 2.98. The average molecular weight is 448 g/mol. The molecule has 0 unspecified atom stereocenters. The zero-order chi connectivity index (χ0) is 21.6. The third-order valence-corrected chi connectivity index (χ3v) is 6.02. The molecule has 2 N–H and O–H groups in total. The number of nitrogens with one attached hydrogen (secondary N) is 2. The zero-order valence-corrected chi connectivity index (χ0v) is 17.9. The maximum atomic E-state index is 12.6. The number of aromatic nitrogens is 1. The first-order valence-electron chi connectivity index (χ1n) is 9.20. The second-order valence-electron chi connectivity index (χ2n) is 6.48. The summed E-state index contributed by atoms with van der Waals surface area (Å²) in [4.78, 5) is 12.6. The highest BCUT2D eigenvalue weighted by Gasteiger charge is 2.17. The molecule has 0 saturated carbocycles. The number of carbonyl (C=O) groups excluding carboxylic acids is 1. The summed E-state index contributed by atoms with van der Waals surface area (Å²) in [6.07, 6.45) is 3.65. The van der Waals surface area contributed by atoms with E-state index in [0.717, 1.165) is 5.56 Å². The topological polar surface area (TPSA) is 89.4 Å². The average Bonchev–Trinajstić information content (AvgIpc) is 3.27. The van der Waals surface area contributed by atoms with Gasteiger partial charge in [0.1, 0.15) is 5.75 Å². The van der Waals surface area contributed by atoms with Gasteiger partial charge in [-0.25, -0.2) is 13.1 Å². The molecule has 0 aliphatic carbocycles. The smallest absolute Gasteiger partial charge is 0.255 e. The molecule has 3 aromatic rings. The van der Waals surface area contributed by atoms with Gasteiger partial charge in [0.15, 0.2) is 0 Å². The molecule has 0 radical (unpaired) electrons. The number of nitrogens with zero attached hydrogens (tertiary/aromatic N) is 1. The highest BCUT2D eigenvalue weighted by atomic mass is 35.5. The van der Waals surface area contributed by atoms with Gasteiger partial charge < -0.3 is 14.6 Å². The van der Waals surface area contributed by atoms with Gasteiger partial charge in [0.2, 0.25) is 10.0 Å². The highest BCUT2D eigenvalue weighted by molar-refractivity contribution is 7.89.